The predicted molar refractivity (Wildman–Crippen MR) is 47.8 cm³/mol. The van der Waals surface area contributed by atoms with Crippen molar-refractivity contribution >= 4 is 12.0 Å². The van der Waals surface area contributed by atoms with Crippen molar-refractivity contribution in [2.75, 3.05) is 0 Å². The molecule has 2 rings (SSSR count). The molecule has 0 radical (unpaired) electrons. The Hall–Kier alpha value is -1.97. The van der Waals surface area contributed by atoms with E-state index in [2.05, 4.69) is 5.48 Å². The minimum absolute atomic E-state index is 0.452. The van der Waals surface area contributed by atoms with Gasteiger partial charge < -0.3 is 10.6 Å². The van der Waals surface area contributed by atoms with Crippen LogP contribution < -0.4 is 16.1 Å². The highest BCUT2D eigenvalue weighted by molar-refractivity contribution is 5.97. The van der Waals surface area contributed by atoms with Gasteiger partial charge in [0.25, 0.3) is 0 Å². The lowest BCUT2D eigenvalue weighted by atomic mass is 10.1. The summed E-state index contributed by atoms with van der Waals surface area (Å²) >= 11 is 0. The maximum Gasteiger partial charge on any atom is 0.249 e. The van der Waals surface area contributed by atoms with Gasteiger partial charge in [-0.1, -0.05) is 6.07 Å². The van der Waals surface area contributed by atoms with Crippen LogP contribution in [0.3, 0.4) is 0 Å². The van der Waals surface area contributed by atoms with E-state index < -0.39 is 5.91 Å². The van der Waals surface area contributed by atoms with Gasteiger partial charge in [-0.2, -0.15) is 0 Å². The van der Waals surface area contributed by atoms with E-state index >= 15 is 0 Å². The topological polar surface area (TPSA) is 64.4 Å². The monoisotopic (exact) mass is 176 g/mol. The Kier molecular flexibility index (Phi) is 1.66. The molecular formula is C9H8N2O2. The second-order valence-corrected chi connectivity index (χ2v) is 2.63. The molecule has 0 bridgehead atoms. The second kappa shape index (κ2) is 2.82. The van der Waals surface area contributed by atoms with Crippen molar-refractivity contribution in [1.82, 2.24) is 5.48 Å². The van der Waals surface area contributed by atoms with Gasteiger partial charge in [-0.15, -0.1) is 0 Å². The Balaban J connectivity index is 2.60. The number of rotatable bonds is 1. The Morgan fingerprint density at radius 1 is 1.46 bits per heavy atom. The molecule has 0 saturated carbocycles. The standard InChI is InChI=1S/C9H8N2O2/c10-9(12)7-2-1-3-8-6(7)4-5-11-13-8/h1-5,11H,(H2,10,12). The molecule has 1 aromatic rings. The normalized spacial score (nSPS) is 12.6. The molecule has 0 unspecified atom stereocenters. The van der Waals surface area contributed by atoms with Crippen LogP contribution in [0.2, 0.25) is 0 Å². The zero-order chi connectivity index (χ0) is 9.26. The summed E-state index contributed by atoms with van der Waals surface area (Å²) in [5.41, 5.74) is 8.95. The summed E-state index contributed by atoms with van der Waals surface area (Å²) in [6.45, 7) is 0. The highest BCUT2D eigenvalue weighted by atomic mass is 16.6. The van der Waals surface area contributed by atoms with Crippen molar-refractivity contribution in [3.63, 3.8) is 0 Å². The quantitative estimate of drug-likeness (QED) is 0.660. The molecule has 0 saturated heterocycles. The van der Waals surface area contributed by atoms with Crippen LogP contribution in [0.1, 0.15) is 15.9 Å². The molecular weight excluding hydrogens is 168 g/mol. The lowest BCUT2D eigenvalue weighted by molar-refractivity contribution is 0.0999. The summed E-state index contributed by atoms with van der Waals surface area (Å²) in [5, 5.41) is 0. The Bertz CT molecular complexity index is 385. The number of carbonyl (C=O) groups is 1. The number of hydrogen-bond donors (Lipinski definition) is 2. The number of amides is 1. The van der Waals surface area contributed by atoms with Gasteiger partial charge in [0.15, 0.2) is 5.75 Å². The van der Waals surface area contributed by atoms with E-state index in [9.17, 15) is 4.79 Å². The van der Waals surface area contributed by atoms with Gasteiger partial charge in [-0.05, 0) is 18.2 Å². The SMILES string of the molecule is NC(=O)c1cccc2c1C=CNO2. The van der Waals surface area contributed by atoms with Gasteiger partial charge in [0.05, 0.1) is 5.56 Å². The fourth-order valence-corrected chi connectivity index (χ4v) is 1.23. The number of nitrogens with one attached hydrogen (secondary N) is 1. The molecule has 4 nitrogen and oxygen atoms in total. The minimum atomic E-state index is -0.452. The van der Waals surface area contributed by atoms with Crippen LogP contribution in [0, 0.1) is 0 Å². The summed E-state index contributed by atoms with van der Waals surface area (Å²) in [5.74, 6) is 0.158. The Labute approximate surface area is 74.9 Å². The predicted octanol–water partition coefficient (Wildman–Crippen LogP) is 0.653. The van der Waals surface area contributed by atoms with Crippen LogP contribution >= 0.6 is 0 Å². The molecule has 13 heavy (non-hydrogen) atoms. The van der Waals surface area contributed by atoms with Crippen LogP contribution in [-0.4, -0.2) is 5.91 Å². The average Bonchev–Trinajstić information content (AvgIpc) is 2.17. The molecule has 0 fully saturated rings. The first-order valence-corrected chi connectivity index (χ1v) is 3.81. The van der Waals surface area contributed by atoms with E-state index in [-0.39, 0.29) is 0 Å². The third-order valence-electron chi connectivity index (χ3n) is 1.82. The summed E-state index contributed by atoms with van der Waals surface area (Å²) in [4.78, 5) is 16.1. The van der Waals surface area contributed by atoms with Crippen LogP contribution in [0.5, 0.6) is 5.75 Å². The molecule has 0 atom stereocenters. The molecule has 3 N–H and O–H groups in total. The van der Waals surface area contributed by atoms with Gasteiger partial charge >= 0.3 is 0 Å². The van der Waals surface area contributed by atoms with Gasteiger partial charge in [0, 0.05) is 11.8 Å². The molecule has 1 aromatic carbocycles. The van der Waals surface area contributed by atoms with E-state index in [0.717, 1.165) is 0 Å². The molecule has 1 aliphatic rings. The second-order valence-electron chi connectivity index (χ2n) is 2.63. The minimum Gasteiger partial charge on any atom is -0.382 e. The van der Waals surface area contributed by atoms with Crippen molar-refractivity contribution in [3.05, 3.63) is 35.5 Å². The fraction of sp³-hybridized carbons (Fsp3) is 0. The molecule has 1 aliphatic heterocycles. The maximum absolute atomic E-state index is 11.0. The van der Waals surface area contributed by atoms with E-state index in [1.54, 1.807) is 30.5 Å². The molecule has 0 spiro atoms. The Morgan fingerprint density at radius 2 is 2.31 bits per heavy atom. The molecule has 1 amide bonds. The molecule has 1 heterocycles. The first-order valence-electron chi connectivity index (χ1n) is 3.81. The first kappa shape index (κ1) is 7.67. The van der Waals surface area contributed by atoms with E-state index in [1.165, 1.54) is 0 Å². The number of nitrogens with two attached hydrogens (primary N) is 1. The number of hydrogen-bond acceptors (Lipinski definition) is 3. The van der Waals surface area contributed by atoms with Gasteiger partial charge in [0.2, 0.25) is 5.91 Å². The van der Waals surface area contributed by atoms with E-state index in [1.807, 2.05) is 0 Å². The van der Waals surface area contributed by atoms with Crippen LogP contribution in [0.4, 0.5) is 0 Å². The van der Waals surface area contributed by atoms with Crippen LogP contribution in [0.15, 0.2) is 24.4 Å². The molecule has 0 aliphatic carbocycles. The average molecular weight is 176 g/mol. The zero-order valence-electron chi connectivity index (χ0n) is 6.78. The number of benzene rings is 1. The summed E-state index contributed by atoms with van der Waals surface area (Å²) in [7, 11) is 0. The third kappa shape index (κ3) is 1.22. The molecule has 4 heteroatoms. The molecule has 0 aromatic heterocycles. The smallest absolute Gasteiger partial charge is 0.249 e. The van der Waals surface area contributed by atoms with Crippen molar-refractivity contribution in [2.24, 2.45) is 5.73 Å². The van der Waals surface area contributed by atoms with Gasteiger partial charge in [0.1, 0.15) is 0 Å². The van der Waals surface area contributed by atoms with Gasteiger partial charge in [-0.3, -0.25) is 4.79 Å². The summed E-state index contributed by atoms with van der Waals surface area (Å²) in [6.07, 6.45) is 3.35. The largest absolute Gasteiger partial charge is 0.382 e. The summed E-state index contributed by atoms with van der Waals surface area (Å²) < 4.78 is 0. The number of primary amides is 1. The first-order chi connectivity index (χ1) is 6.29. The van der Waals surface area contributed by atoms with Crippen LogP contribution in [-0.2, 0) is 0 Å². The lowest BCUT2D eigenvalue weighted by Gasteiger charge is -2.14. The van der Waals surface area contributed by atoms with Crippen molar-refractivity contribution in [2.45, 2.75) is 0 Å². The third-order valence-corrected chi connectivity index (χ3v) is 1.82. The molecule has 66 valence electrons. The number of fused-ring (bicyclic) bond motifs is 1. The van der Waals surface area contributed by atoms with Crippen molar-refractivity contribution in [3.8, 4) is 5.75 Å². The summed E-state index contributed by atoms with van der Waals surface area (Å²) in [6, 6.07) is 5.15. The van der Waals surface area contributed by atoms with Gasteiger partial charge in [-0.25, -0.2) is 5.48 Å². The highest BCUT2D eigenvalue weighted by Crippen LogP contribution is 2.24. The van der Waals surface area contributed by atoms with E-state index in [0.29, 0.717) is 16.9 Å². The maximum atomic E-state index is 11.0. The number of hydroxylamine groups is 1. The highest BCUT2D eigenvalue weighted by Gasteiger charge is 2.13. The van der Waals surface area contributed by atoms with Crippen LogP contribution in [0.25, 0.3) is 6.08 Å². The Morgan fingerprint density at radius 3 is 3.08 bits per heavy atom. The fourth-order valence-electron chi connectivity index (χ4n) is 1.23. The zero-order valence-corrected chi connectivity index (χ0v) is 6.78. The van der Waals surface area contributed by atoms with E-state index in [4.69, 9.17) is 10.6 Å². The number of carbonyl (C=O) groups excluding carboxylic acids is 1. The van der Waals surface area contributed by atoms with Crippen molar-refractivity contribution < 1.29 is 9.63 Å². The van der Waals surface area contributed by atoms with Crippen molar-refractivity contribution in [1.29, 1.82) is 0 Å². The lowest BCUT2D eigenvalue weighted by Crippen LogP contribution is -2.18.